The average Bonchev–Trinajstić information content (AvgIpc) is 3.43. The number of hydrogen-bond donors (Lipinski definition) is 2. The Morgan fingerprint density at radius 2 is 1.86 bits per heavy atom. The van der Waals surface area contributed by atoms with Crippen LogP contribution in [0, 0.1) is 0 Å². The highest BCUT2D eigenvalue weighted by Gasteiger charge is 2.27. The Hall–Kier alpha value is -3.74. The van der Waals surface area contributed by atoms with Gasteiger partial charge in [0.25, 0.3) is 0 Å². The van der Waals surface area contributed by atoms with E-state index in [1.165, 1.54) is 17.5 Å². The Morgan fingerprint density at radius 1 is 1.04 bits per heavy atom. The average molecular weight is 367 g/mol. The molecule has 1 aromatic carbocycles. The second-order valence-electron chi connectivity index (χ2n) is 7.22. The van der Waals surface area contributed by atoms with Crippen LogP contribution in [0.3, 0.4) is 0 Å². The Balaban J connectivity index is 1.55. The molecule has 4 heterocycles. The Bertz CT molecular complexity index is 1320. The van der Waals surface area contributed by atoms with Crippen molar-refractivity contribution >= 4 is 27.9 Å². The predicted octanol–water partition coefficient (Wildman–Crippen LogP) is 3.29. The van der Waals surface area contributed by atoms with Crippen LogP contribution in [-0.4, -0.2) is 29.7 Å². The monoisotopic (exact) mass is 367 g/mol. The molecule has 136 valence electrons. The van der Waals surface area contributed by atoms with Gasteiger partial charge >= 0.3 is 0 Å². The molecule has 0 saturated carbocycles. The molecule has 3 N–H and O–H groups in total. The molecule has 7 nitrogen and oxygen atoms in total. The maximum Gasteiger partial charge on any atom is 0.164 e. The van der Waals surface area contributed by atoms with Crippen LogP contribution in [0.4, 0.5) is 5.82 Å². The molecular weight excluding hydrogens is 350 g/mol. The van der Waals surface area contributed by atoms with E-state index in [1.807, 2.05) is 23.1 Å². The zero-order valence-electron chi connectivity index (χ0n) is 15.0. The van der Waals surface area contributed by atoms with Crippen molar-refractivity contribution < 1.29 is 0 Å². The maximum atomic E-state index is 6.25. The highest BCUT2D eigenvalue weighted by Crippen LogP contribution is 2.36. The van der Waals surface area contributed by atoms with Gasteiger partial charge in [-0.05, 0) is 36.1 Å². The topological polar surface area (TPSA) is 98.3 Å². The summed E-state index contributed by atoms with van der Waals surface area (Å²) in [6.45, 7) is 0. The van der Waals surface area contributed by atoms with Crippen LogP contribution in [0.1, 0.15) is 17.2 Å². The summed E-state index contributed by atoms with van der Waals surface area (Å²) in [6.07, 6.45) is 7.08. The summed E-state index contributed by atoms with van der Waals surface area (Å²) in [7, 11) is 0. The third-order valence-electron chi connectivity index (χ3n) is 5.57. The first-order chi connectivity index (χ1) is 13.8. The molecule has 0 aliphatic heterocycles. The molecule has 0 spiro atoms. The molecule has 4 aromatic heterocycles. The molecule has 5 aromatic rings. The minimum absolute atomic E-state index is 0.215. The largest absolute Gasteiger partial charge is 0.383 e. The van der Waals surface area contributed by atoms with Crippen molar-refractivity contribution in [1.29, 1.82) is 0 Å². The van der Waals surface area contributed by atoms with E-state index in [2.05, 4.69) is 50.3 Å². The van der Waals surface area contributed by atoms with Gasteiger partial charge in [-0.25, -0.2) is 19.6 Å². The van der Waals surface area contributed by atoms with Crippen molar-refractivity contribution in [2.24, 2.45) is 0 Å². The van der Waals surface area contributed by atoms with Gasteiger partial charge in [0.05, 0.1) is 11.4 Å². The Morgan fingerprint density at radius 3 is 2.68 bits per heavy atom. The number of nitrogen functional groups attached to an aromatic ring is 1. The van der Waals surface area contributed by atoms with Gasteiger partial charge in [-0.15, -0.1) is 0 Å². The summed E-state index contributed by atoms with van der Waals surface area (Å²) in [5.74, 6) is 0.441. The van der Waals surface area contributed by atoms with E-state index >= 15 is 0 Å². The standard InChI is InChI=1S/C21H17N7/c22-19-17-18(15-7-14-5-6-23-20(14)24-10-15)27-28(21(17)26-11-25-19)16-8-12-3-1-2-4-13(12)9-16/h1-7,10-11,16H,8-9H2,(H,23,24)(H2,22,25,26). The molecule has 28 heavy (non-hydrogen) atoms. The van der Waals surface area contributed by atoms with E-state index in [0.29, 0.717) is 5.82 Å². The summed E-state index contributed by atoms with van der Waals surface area (Å²) in [5, 5.41) is 6.78. The summed E-state index contributed by atoms with van der Waals surface area (Å²) in [4.78, 5) is 16.4. The van der Waals surface area contributed by atoms with Crippen molar-refractivity contribution in [3.63, 3.8) is 0 Å². The summed E-state index contributed by atoms with van der Waals surface area (Å²) in [5.41, 5.74) is 12.3. The molecule has 0 atom stereocenters. The molecular formula is C21H17N7. The van der Waals surface area contributed by atoms with Crippen LogP contribution < -0.4 is 5.73 Å². The number of nitrogens with zero attached hydrogens (tertiary/aromatic N) is 5. The number of pyridine rings is 1. The molecule has 7 heteroatoms. The minimum Gasteiger partial charge on any atom is -0.383 e. The first-order valence-corrected chi connectivity index (χ1v) is 9.27. The van der Waals surface area contributed by atoms with Gasteiger partial charge in [0, 0.05) is 23.3 Å². The number of rotatable bonds is 2. The number of benzene rings is 1. The SMILES string of the molecule is Nc1ncnc2c1c(-c1cnc3[nH]ccc3c1)nn2C1Cc2ccccc2C1. The predicted molar refractivity (Wildman–Crippen MR) is 108 cm³/mol. The Kier molecular flexibility index (Phi) is 3.08. The smallest absolute Gasteiger partial charge is 0.164 e. The second kappa shape index (κ2) is 5.63. The van der Waals surface area contributed by atoms with E-state index in [0.717, 1.165) is 46.2 Å². The number of H-pyrrole nitrogens is 1. The normalized spacial score (nSPS) is 14.1. The Labute approximate surface area is 160 Å². The summed E-state index contributed by atoms with van der Waals surface area (Å²) >= 11 is 0. The lowest BCUT2D eigenvalue weighted by Gasteiger charge is -2.10. The van der Waals surface area contributed by atoms with E-state index in [9.17, 15) is 0 Å². The number of fused-ring (bicyclic) bond motifs is 3. The van der Waals surface area contributed by atoms with Gasteiger partial charge in [0.2, 0.25) is 0 Å². The lowest BCUT2D eigenvalue weighted by atomic mass is 10.1. The van der Waals surface area contributed by atoms with Gasteiger partial charge in [0.1, 0.15) is 23.5 Å². The van der Waals surface area contributed by atoms with Gasteiger partial charge in [-0.2, -0.15) is 5.10 Å². The zero-order chi connectivity index (χ0) is 18.7. The molecule has 1 aliphatic rings. The van der Waals surface area contributed by atoms with Crippen molar-refractivity contribution in [2.75, 3.05) is 5.73 Å². The fourth-order valence-corrected chi connectivity index (χ4v) is 4.23. The first-order valence-electron chi connectivity index (χ1n) is 9.27. The highest BCUT2D eigenvalue weighted by atomic mass is 15.3. The van der Waals surface area contributed by atoms with Gasteiger partial charge in [0.15, 0.2) is 5.65 Å². The lowest BCUT2D eigenvalue weighted by Crippen LogP contribution is -2.11. The van der Waals surface area contributed by atoms with Crippen LogP contribution in [0.2, 0.25) is 0 Å². The van der Waals surface area contributed by atoms with Crippen LogP contribution in [0.25, 0.3) is 33.3 Å². The maximum absolute atomic E-state index is 6.25. The van der Waals surface area contributed by atoms with Gasteiger partial charge in [-0.3, -0.25) is 0 Å². The molecule has 0 saturated heterocycles. The molecule has 0 radical (unpaired) electrons. The number of hydrogen-bond acceptors (Lipinski definition) is 5. The molecule has 1 aliphatic carbocycles. The molecule has 0 bridgehead atoms. The third-order valence-corrected chi connectivity index (χ3v) is 5.57. The molecule has 0 amide bonds. The fourth-order valence-electron chi connectivity index (χ4n) is 4.23. The van der Waals surface area contributed by atoms with Crippen molar-refractivity contribution in [2.45, 2.75) is 18.9 Å². The van der Waals surface area contributed by atoms with Crippen LogP contribution >= 0.6 is 0 Å². The third kappa shape index (κ3) is 2.16. The number of anilines is 1. The van der Waals surface area contributed by atoms with Gasteiger partial charge in [-0.1, -0.05) is 24.3 Å². The lowest BCUT2D eigenvalue weighted by molar-refractivity contribution is 0.488. The highest BCUT2D eigenvalue weighted by molar-refractivity contribution is 5.99. The van der Waals surface area contributed by atoms with Crippen LogP contribution in [0.5, 0.6) is 0 Å². The quantitative estimate of drug-likeness (QED) is 0.499. The number of aromatic amines is 1. The van der Waals surface area contributed by atoms with E-state index in [-0.39, 0.29) is 6.04 Å². The van der Waals surface area contributed by atoms with Crippen molar-refractivity contribution in [3.05, 3.63) is 66.2 Å². The van der Waals surface area contributed by atoms with Crippen LogP contribution in [-0.2, 0) is 12.8 Å². The molecule has 0 fully saturated rings. The summed E-state index contributed by atoms with van der Waals surface area (Å²) < 4.78 is 2.02. The van der Waals surface area contributed by atoms with Crippen molar-refractivity contribution in [3.8, 4) is 11.3 Å². The molecule has 0 unspecified atom stereocenters. The van der Waals surface area contributed by atoms with Crippen molar-refractivity contribution in [1.82, 2.24) is 29.7 Å². The first kappa shape index (κ1) is 15.3. The molecule has 6 rings (SSSR count). The minimum atomic E-state index is 0.215. The number of nitrogens with two attached hydrogens (primary N) is 1. The fraction of sp³-hybridized carbons (Fsp3) is 0.143. The van der Waals surface area contributed by atoms with E-state index in [1.54, 1.807) is 0 Å². The second-order valence-corrected chi connectivity index (χ2v) is 7.22. The van der Waals surface area contributed by atoms with E-state index in [4.69, 9.17) is 10.8 Å². The number of aromatic nitrogens is 6. The van der Waals surface area contributed by atoms with E-state index < -0.39 is 0 Å². The number of nitrogens with one attached hydrogen (secondary N) is 1. The van der Waals surface area contributed by atoms with Crippen LogP contribution in [0.15, 0.2) is 55.1 Å². The van der Waals surface area contributed by atoms with Gasteiger partial charge < -0.3 is 10.7 Å². The zero-order valence-corrected chi connectivity index (χ0v) is 15.0. The summed E-state index contributed by atoms with van der Waals surface area (Å²) in [6, 6.07) is 12.8.